The Morgan fingerprint density at radius 2 is 1.80 bits per heavy atom. The van der Waals surface area contributed by atoms with E-state index in [1.54, 1.807) is 6.92 Å². The fourth-order valence-electron chi connectivity index (χ4n) is 1.60. The molecular formula is C13H12F2N2O2S. The smallest absolute Gasteiger partial charge is 0.261 e. The molecule has 20 heavy (non-hydrogen) atoms. The van der Waals surface area contributed by atoms with Crippen LogP contribution in [0.5, 0.6) is 0 Å². The zero-order chi connectivity index (χ0) is 14.9. The third-order valence-corrected chi connectivity index (χ3v) is 4.08. The Bertz CT molecular complexity index is 761. The van der Waals surface area contributed by atoms with Crippen LogP contribution < -0.4 is 10.5 Å². The van der Waals surface area contributed by atoms with Gasteiger partial charge in [0, 0.05) is 0 Å². The minimum Gasteiger partial charge on any atom is -0.396 e. The van der Waals surface area contributed by atoms with Crippen LogP contribution in [0.15, 0.2) is 41.3 Å². The molecule has 2 aromatic rings. The molecule has 0 saturated heterocycles. The lowest BCUT2D eigenvalue weighted by atomic mass is 10.2. The maximum atomic E-state index is 13.1. The first-order valence-electron chi connectivity index (χ1n) is 5.63. The highest BCUT2D eigenvalue weighted by atomic mass is 32.2. The van der Waals surface area contributed by atoms with Crippen molar-refractivity contribution in [2.24, 2.45) is 0 Å². The Kier molecular flexibility index (Phi) is 3.63. The molecule has 0 saturated carbocycles. The lowest BCUT2D eigenvalue weighted by Gasteiger charge is -2.11. The van der Waals surface area contributed by atoms with E-state index >= 15 is 0 Å². The normalized spacial score (nSPS) is 11.3. The number of nitrogens with one attached hydrogen (secondary N) is 1. The van der Waals surface area contributed by atoms with Crippen molar-refractivity contribution in [2.75, 3.05) is 10.5 Å². The lowest BCUT2D eigenvalue weighted by Crippen LogP contribution is -2.14. The van der Waals surface area contributed by atoms with Gasteiger partial charge in [0.15, 0.2) is 0 Å². The standard InChI is InChI=1S/C13H12F2N2O2S/c1-8-2-3-9(14)6-13(8)17-20(18,19)10-4-5-11(15)12(16)7-10/h2-7,17H,16H2,1H3. The van der Waals surface area contributed by atoms with Gasteiger partial charge >= 0.3 is 0 Å². The Balaban J connectivity index is 2.40. The molecule has 2 aromatic carbocycles. The predicted molar refractivity (Wildman–Crippen MR) is 72.8 cm³/mol. The van der Waals surface area contributed by atoms with Crippen molar-refractivity contribution in [3.63, 3.8) is 0 Å². The summed E-state index contributed by atoms with van der Waals surface area (Å²) in [6, 6.07) is 6.80. The van der Waals surface area contributed by atoms with Gasteiger partial charge in [0.05, 0.1) is 16.3 Å². The molecule has 0 aliphatic heterocycles. The Hall–Kier alpha value is -2.15. The van der Waals surface area contributed by atoms with Gasteiger partial charge in [-0.05, 0) is 42.8 Å². The average molecular weight is 298 g/mol. The van der Waals surface area contributed by atoms with E-state index in [0.29, 0.717) is 5.56 Å². The van der Waals surface area contributed by atoms with Crippen LogP contribution >= 0.6 is 0 Å². The number of nitrogens with two attached hydrogens (primary N) is 1. The van der Waals surface area contributed by atoms with Crippen molar-refractivity contribution in [1.82, 2.24) is 0 Å². The van der Waals surface area contributed by atoms with Gasteiger partial charge in [-0.2, -0.15) is 0 Å². The molecule has 7 heteroatoms. The summed E-state index contributed by atoms with van der Waals surface area (Å²) in [5.74, 6) is -1.27. The molecule has 0 amide bonds. The summed E-state index contributed by atoms with van der Waals surface area (Å²) in [6.45, 7) is 1.64. The van der Waals surface area contributed by atoms with Crippen molar-refractivity contribution >= 4 is 21.4 Å². The summed E-state index contributed by atoms with van der Waals surface area (Å²) in [5, 5.41) is 0. The maximum Gasteiger partial charge on any atom is 0.261 e. The molecule has 0 atom stereocenters. The van der Waals surface area contributed by atoms with Crippen LogP contribution in [-0.2, 0) is 10.0 Å². The van der Waals surface area contributed by atoms with Crippen LogP contribution in [-0.4, -0.2) is 8.42 Å². The number of anilines is 2. The highest BCUT2D eigenvalue weighted by molar-refractivity contribution is 7.92. The third kappa shape index (κ3) is 2.88. The van der Waals surface area contributed by atoms with Crippen LogP contribution in [0.1, 0.15) is 5.56 Å². The molecule has 0 bridgehead atoms. The average Bonchev–Trinajstić information content (AvgIpc) is 2.36. The number of aryl methyl sites for hydroxylation is 1. The minimum absolute atomic E-state index is 0.118. The summed E-state index contributed by atoms with van der Waals surface area (Å²) in [4.78, 5) is -0.194. The molecule has 0 radical (unpaired) electrons. The molecule has 0 aromatic heterocycles. The Morgan fingerprint density at radius 1 is 1.10 bits per heavy atom. The van der Waals surface area contributed by atoms with Crippen LogP contribution in [0, 0.1) is 18.6 Å². The first-order valence-corrected chi connectivity index (χ1v) is 7.12. The lowest BCUT2D eigenvalue weighted by molar-refractivity contribution is 0.600. The summed E-state index contributed by atoms with van der Waals surface area (Å²) in [5.41, 5.74) is 5.74. The zero-order valence-corrected chi connectivity index (χ0v) is 11.3. The number of hydrogen-bond acceptors (Lipinski definition) is 3. The van der Waals surface area contributed by atoms with E-state index in [4.69, 9.17) is 5.73 Å². The van der Waals surface area contributed by atoms with Gasteiger partial charge in [-0.25, -0.2) is 17.2 Å². The number of nitrogen functional groups attached to an aromatic ring is 1. The van der Waals surface area contributed by atoms with E-state index in [2.05, 4.69) is 4.72 Å². The molecule has 0 spiro atoms. The maximum absolute atomic E-state index is 13.1. The molecule has 0 fully saturated rings. The molecule has 0 aliphatic rings. The molecule has 106 valence electrons. The first-order chi connectivity index (χ1) is 9.29. The van der Waals surface area contributed by atoms with Gasteiger partial charge in [0.1, 0.15) is 11.6 Å². The molecule has 0 heterocycles. The Morgan fingerprint density at radius 3 is 2.45 bits per heavy atom. The topological polar surface area (TPSA) is 72.2 Å². The van der Waals surface area contributed by atoms with Gasteiger partial charge < -0.3 is 5.73 Å². The fraction of sp³-hybridized carbons (Fsp3) is 0.0769. The van der Waals surface area contributed by atoms with Gasteiger partial charge in [0.2, 0.25) is 0 Å². The SMILES string of the molecule is Cc1ccc(F)cc1NS(=O)(=O)c1ccc(F)c(N)c1. The largest absolute Gasteiger partial charge is 0.396 e. The summed E-state index contributed by atoms with van der Waals surface area (Å²) in [7, 11) is -3.96. The predicted octanol–water partition coefficient (Wildman–Crippen LogP) is 2.66. The van der Waals surface area contributed by atoms with E-state index in [0.717, 1.165) is 24.3 Å². The van der Waals surface area contributed by atoms with Gasteiger partial charge in [-0.3, -0.25) is 4.72 Å². The highest BCUT2D eigenvalue weighted by Crippen LogP contribution is 2.22. The quantitative estimate of drug-likeness (QED) is 0.856. The summed E-state index contributed by atoms with van der Waals surface area (Å²) < 4.78 is 52.7. The van der Waals surface area contributed by atoms with Crippen LogP contribution in [0.2, 0.25) is 0 Å². The zero-order valence-electron chi connectivity index (χ0n) is 10.5. The van der Waals surface area contributed by atoms with Gasteiger partial charge in [-0.1, -0.05) is 6.07 Å². The van der Waals surface area contributed by atoms with Crippen molar-refractivity contribution in [2.45, 2.75) is 11.8 Å². The van der Waals surface area contributed by atoms with E-state index in [1.165, 1.54) is 12.1 Å². The van der Waals surface area contributed by atoms with E-state index in [-0.39, 0.29) is 16.3 Å². The third-order valence-electron chi connectivity index (χ3n) is 2.72. The molecule has 2 rings (SSSR count). The minimum atomic E-state index is -3.96. The highest BCUT2D eigenvalue weighted by Gasteiger charge is 2.17. The number of rotatable bonds is 3. The molecule has 4 nitrogen and oxygen atoms in total. The van der Waals surface area contributed by atoms with E-state index in [1.807, 2.05) is 0 Å². The molecule has 0 aliphatic carbocycles. The first kappa shape index (κ1) is 14.3. The van der Waals surface area contributed by atoms with Gasteiger partial charge in [0.25, 0.3) is 10.0 Å². The fourth-order valence-corrected chi connectivity index (χ4v) is 2.75. The van der Waals surface area contributed by atoms with Crippen molar-refractivity contribution in [3.8, 4) is 0 Å². The number of sulfonamides is 1. The number of benzene rings is 2. The van der Waals surface area contributed by atoms with Crippen LogP contribution in [0.25, 0.3) is 0 Å². The van der Waals surface area contributed by atoms with Gasteiger partial charge in [-0.15, -0.1) is 0 Å². The number of halogens is 2. The molecule has 3 N–H and O–H groups in total. The second-order valence-corrected chi connectivity index (χ2v) is 5.93. The Labute approximate surface area is 115 Å². The molecule has 0 unspecified atom stereocenters. The van der Waals surface area contributed by atoms with Crippen molar-refractivity contribution in [3.05, 3.63) is 53.6 Å². The van der Waals surface area contributed by atoms with E-state index in [9.17, 15) is 17.2 Å². The van der Waals surface area contributed by atoms with Crippen molar-refractivity contribution in [1.29, 1.82) is 0 Å². The molecular weight excluding hydrogens is 286 g/mol. The second-order valence-electron chi connectivity index (χ2n) is 4.25. The van der Waals surface area contributed by atoms with Crippen LogP contribution in [0.4, 0.5) is 20.2 Å². The second kappa shape index (κ2) is 5.09. The summed E-state index contributed by atoms with van der Waals surface area (Å²) in [6.07, 6.45) is 0. The van der Waals surface area contributed by atoms with E-state index < -0.39 is 21.7 Å². The van der Waals surface area contributed by atoms with Crippen molar-refractivity contribution < 1.29 is 17.2 Å². The monoisotopic (exact) mass is 298 g/mol. The van der Waals surface area contributed by atoms with Crippen LogP contribution in [0.3, 0.4) is 0 Å². The number of hydrogen-bond donors (Lipinski definition) is 2. The summed E-state index contributed by atoms with van der Waals surface area (Å²) >= 11 is 0.